The summed E-state index contributed by atoms with van der Waals surface area (Å²) < 4.78 is 0. The Morgan fingerprint density at radius 3 is 2.92 bits per heavy atom. The van der Waals surface area contributed by atoms with Crippen LogP contribution < -0.4 is 0 Å². The molecule has 2 nitrogen and oxygen atoms in total. The van der Waals surface area contributed by atoms with Crippen LogP contribution in [0.5, 0.6) is 0 Å². The first kappa shape index (κ1) is 10.4. The van der Waals surface area contributed by atoms with E-state index in [-0.39, 0.29) is 6.10 Å². The molecule has 0 saturated carbocycles. The smallest absolute Gasteiger partial charge is 0.0590 e. The molecule has 0 spiro atoms. The quantitative estimate of drug-likeness (QED) is 0.718. The van der Waals surface area contributed by atoms with Gasteiger partial charge < -0.3 is 10.0 Å². The van der Waals surface area contributed by atoms with Gasteiger partial charge in [0.25, 0.3) is 0 Å². The van der Waals surface area contributed by atoms with Crippen molar-refractivity contribution in [2.24, 2.45) is 5.92 Å². The monoisotopic (exact) mass is 189 g/mol. The molecule has 1 aliphatic rings. The minimum Gasteiger partial charge on any atom is -0.393 e. The zero-order valence-electron chi connectivity index (χ0n) is 7.99. The molecule has 1 fully saturated rings. The molecule has 0 aromatic rings. The van der Waals surface area contributed by atoms with Crippen LogP contribution in [0.1, 0.15) is 13.3 Å². The Kier molecular flexibility index (Phi) is 4.40. The topological polar surface area (TPSA) is 23.5 Å². The summed E-state index contributed by atoms with van der Waals surface area (Å²) in [5, 5.41) is 9.49. The third-order valence-corrected chi connectivity index (χ3v) is 3.15. The molecule has 3 heteroatoms. The number of hydrogen-bond donors (Lipinski definition) is 1. The number of hydrogen-bond acceptors (Lipinski definition) is 3. The van der Waals surface area contributed by atoms with Crippen LogP contribution in [0.25, 0.3) is 0 Å². The van der Waals surface area contributed by atoms with E-state index in [1.54, 1.807) is 0 Å². The third kappa shape index (κ3) is 2.96. The minimum absolute atomic E-state index is 0.0597. The van der Waals surface area contributed by atoms with Gasteiger partial charge in [0.1, 0.15) is 0 Å². The Bertz CT molecular complexity index is 130. The Balaban J connectivity index is 2.21. The summed E-state index contributed by atoms with van der Waals surface area (Å²) in [6, 6.07) is 0. The molecule has 12 heavy (non-hydrogen) atoms. The number of aliphatic hydroxyl groups excluding tert-OH is 1. The first-order chi connectivity index (χ1) is 5.74. The number of aliphatic hydroxyl groups is 1. The second kappa shape index (κ2) is 5.10. The average Bonchev–Trinajstić information content (AvgIpc) is 2.07. The van der Waals surface area contributed by atoms with Crippen LogP contribution in [0, 0.1) is 5.92 Å². The van der Waals surface area contributed by atoms with E-state index in [4.69, 9.17) is 0 Å². The van der Waals surface area contributed by atoms with E-state index in [0.717, 1.165) is 19.5 Å². The maximum Gasteiger partial charge on any atom is 0.0590 e. The molecular formula is C9H19NOS. The first-order valence-electron chi connectivity index (χ1n) is 4.63. The molecule has 0 amide bonds. The fourth-order valence-corrected chi connectivity index (χ4v) is 2.08. The fraction of sp³-hybridized carbons (Fsp3) is 1.00. The summed E-state index contributed by atoms with van der Waals surface area (Å²) in [5.41, 5.74) is 0. The van der Waals surface area contributed by atoms with Crippen molar-refractivity contribution in [3.05, 3.63) is 0 Å². The summed E-state index contributed by atoms with van der Waals surface area (Å²) in [6.07, 6.45) is 3.04. The van der Waals surface area contributed by atoms with Crippen molar-refractivity contribution >= 4 is 11.8 Å². The lowest BCUT2D eigenvalue weighted by Gasteiger charge is -2.34. The maximum atomic E-state index is 9.49. The lowest BCUT2D eigenvalue weighted by atomic mass is 9.97. The van der Waals surface area contributed by atoms with Crippen LogP contribution in [-0.4, -0.2) is 47.8 Å². The average molecular weight is 189 g/mol. The van der Waals surface area contributed by atoms with Crippen molar-refractivity contribution in [3.63, 3.8) is 0 Å². The van der Waals surface area contributed by atoms with E-state index in [1.807, 2.05) is 11.8 Å². The van der Waals surface area contributed by atoms with Gasteiger partial charge in [0.05, 0.1) is 6.10 Å². The SMILES string of the molecule is CSCCN1CCC(O)C(C)C1. The second-order valence-corrected chi connectivity index (χ2v) is 4.61. The molecule has 0 radical (unpaired) electrons. The Hall–Kier alpha value is 0.270. The third-order valence-electron chi connectivity index (χ3n) is 2.56. The van der Waals surface area contributed by atoms with Gasteiger partial charge in [-0.1, -0.05) is 6.92 Å². The van der Waals surface area contributed by atoms with Crippen molar-refractivity contribution in [3.8, 4) is 0 Å². The van der Waals surface area contributed by atoms with Crippen LogP contribution in [0.2, 0.25) is 0 Å². The van der Waals surface area contributed by atoms with Gasteiger partial charge >= 0.3 is 0 Å². The van der Waals surface area contributed by atoms with Crippen LogP contribution in [0.4, 0.5) is 0 Å². The van der Waals surface area contributed by atoms with E-state index >= 15 is 0 Å². The number of nitrogens with zero attached hydrogens (tertiary/aromatic N) is 1. The zero-order valence-corrected chi connectivity index (χ0v) is 8.81. The van der Waals surface area contributed by atoms with Gasteiger partial charge in [-0.05, 0) is 18.6 Å². The number of thioether (sulfide) groups is 1. The maximum absolute atomic E-state index is 9.49. The van der Waals surface area contributed by atoms with Crippen molar-refractivity contribution < 1.29 is 5.11 Å². The fourth-order valence-electron chi connectivity index (χ4n) is 1.64. The van der Waals surface area contributed by atoms with E-state index in [9.17, 15) is 5.11 Å². The zero-order chi connectivity index (χ0) is 8.97. The minimum atomic E-state index is -0.0597. The Morgan fingerprint density at radius 1 is 1.58 bits per heavy atom. The van der Waals surface area contributed by atoms with E-state index in [0.29, 0.717) is 5.92 Å². The van der Waals surface area contributed by atoms with Gasteiger partial charge in [0.2, 0.25) is 0 Å². The highest BCUT2D eigenvalue weighted by atomic mass is 32.2. The molecule has 1 rings (SSSR count). The summed E-state index contributed by atoms with van der Waals surface area (Å²) in [7, 11) is 0. The van der Waals surface area contributed by atoms with Crippen molar-refractivity contribution in [1.82, 2.24) is 4.90 Å². The second-order valence-electron chi connectivity index (χ2n) is 3.63. The van der Waals surface area contributed by atoms with Gasteiger partial charge in [0.15, 0.2) is 0 Å². The molecule has 2 unspecified atom stereocenters. The highest BCUT2D eigenvalue weighted by molar-refractivity contribution is 7.98. The van der Waals surface area contributed by atoms with Crippen molar-refractivity contribution in [2.75, 3.05) is 31.6 Å². The lowest BCUT2D eigenvalue weighted by Crippen LogP contribution is -2.42. The van der Waals surface area contributed by atoms with Gasteiger partial charge in [-0.25, -0.2) is 0 Å². The lowest BCUT2D eigenvalue weighted by molar-refractivity contribution is 0.0377. The number of piperidine rings is 1. The van der Waals surface area contributed by atoms with Gasteiger partial charge in [-0.3, -0.25) is 0 Å². The van der Waals surface area contributed by atoms with Crippen LogP contribution in [-0.2, 0) is 0 Å². The predicted octanol–water partition coefficient (Wildman–Crippen LogP) is 1.05. The van der Waals surface area contributed by atoms with Gasteiger partial charge in [0, 0.05) is 25.4 Å². The molecular weight excluding hydrogens is 170 g/mol. The molecule has 0 aromatic carbocycles. The molecule has 1 saturated heterocycles. The van der Waals surface area contributed by atoms with Crippen LogP contribution >= 0.6 is 11.8 Å². The summed E-state index contributed by atoms with van der Waals surface area (Å²) in [6.45, 7) is 5.46. The Morgan fingerprint density at radius 2 is 2.33 bits per heavy atom. The number of likely N-dealkylation sites (tertiary alicyclic amines) is 1. The molecule has 0 bridgehead atoms. The van der Waals surface area contributed by atoms with Crippen LogP contribution in [0.15, 0.2) is 0 Å². The van der Waals surface area contributed by atoms with E-state index in [1.165, 1.54) is 12.3 Å². The molecule has 2 atom stereocenters. The van der Waals surface area contributed by atoms with Crippen molar-refractivity contribution in [2.45, 2.75) is 19.4 Å². The summed E-state index contributed by atoms with van der Waals surface area (Å²) >= 11 is 1.89. The highest BCUT2D eigenvalue weighted by Gasteiger charge is 2.23. The normalized spacial score (nSPS) is 32.2. The first-order valence-corrected chi connectivity index (χ1v) is 6.02. The summed E-state index contributed by atoms with van der Waals surface area (Å²) in [4.78, 5) is 2.45. The molecule has 0 aromatic heterocycles. The standard InChI is InChI=1S/C9H19NOS/c1-8-7-10(5-6-12-2)4-3-9(8)11/h8-9,11H,3-7H2,1-2H3. The Labute approximate surface area is 79.3 Å². The van der Waals surface area contributed by atoms with Gasteiger partial charge in [-0.15, -0.1) is 0 Å². The van der Waals surface area contributed by atoms with Crippen molar-refractivity contribution in [1.29, 1.82) is 0 Å². The highest BCUT2D eigenvalue weighted by Crippen LogP contribution is 2.16. The van der Waals surface area contributed by atoms with E-state index < -0.39 is 0 Å². The predicted molar refractivity (Wildman–Crippen MR) is 54.6 cm³/mol. The molecule has 1 N–H and O–H groups in total. The van der Waals surface area contributed by atoms with Crippen LogP contribution in [0.3, 0.4) is 0 Å². The molecule has 72 valence electrons. The molecule has 0 aliphatic carbocycles. The van der Waals surface area contributed by atoms with Gasteiger partial charge in [-0.2, -0.15) is 11.8 Å². The summed E-state index contributed by atoms with van der Waals surface area (Å²) in [5.74, 6) is 1.67. The molecule has 1 heterocycles. The molecule has 1 aliphatic heterocycles. The largest absolute Gasteiger partial charge is 0.393 e. The number of rotatable bonds is 3. The van der Waals surface area contributed by atoms with E-state index in [2.05, 4.69) is 18.1 Å².